The second-order valence-corrected chi connectivity index (χ2v) is 9.68. The highest BCUT2D eigenvalue weighted by molar-refractivity contribution is 5.87. The van der Waals surface area contributed by atoms with Gasteiger partial charge in [0.25, 0.3) is 0 Å². The van der Waals surface area contributed by atoms with Crippen molar-refractivity contribution in [2.24, 2.45) is 0 Å². The van der Waals surface area contributed by atoms with Crippen molar-refractivity contribution in [1.82, 2.24) is 0 Å². The van der Waals surface area contributed by atoms with Gasteiger partial charge < -0.3 is 58.7 Å². The Morgan fingerprint density at radius 3 is 2.07 bits per heavy atom. The van der Waals surface area contributed by atoms with Crippen LogP contribution in [0.15, 0.2) is 30.3 Å². The van der Waals surface area contributed by atoms with Gasteiger partial charge in [-0.25, -0.2) is 4.79 Å². The van der Waals surface area contributed by atoms with Crippen molar-refractivity contribution in [3.8, 4) is 5.75 Å². The van der Waals surface area contributed by atoms with Crippen LogP contribution in [0.1, 0.15) is 26.3 Å². The van der Waals surface area contributed by atoms with E-state index in [1.807, 2.05) is 0 Å². The second-order valence-electron chi connectivity index (χ2n) is 9.68. The van der Waals surface area contributed by atoms with Crippen molar-refractivity contribution >= 4 is 30.0 Å². The van der Waals surface area contributed by atoms with Crippen molar-refractivity contribution < 1.29 is 77.9 Å². The Labute approximate surface area is 245 Å². The number of phenols is 1. The van der Waals surface area contributed by atoms with Gasteiger partial charge in [-0.3, -0.25) is 14.4 Å². The fourth-order valence-corrected chi connectivity index (χ4v) is 4.51. The van der Waals surface area contributed by atoms with Crippen molar-refractivity contribution in [2.45, 2.75) is 75.6 Å². The molecule has 2 saturated heterocycles. The molecule has 2 aliphatic heterocycles. The van der Waals surface area contributed by atoms with Gasteiger partial charge in [0, 0.05) is 26.8 Å². The van der Waals surface area contributed by atoms with E-state index in [4.69, 9.17) is 33.2 Å². The van der Waals surface area contributed by atoms with Gasteiger partial charge in [-0.15, -0.1) is 0 Å². The Morgan fingerprint density at radius 2 is 1.51 bits per heavy atom. The number of carbonyl (C=O) groups is 4. The van der Waals surface area contributed by atoms with E-state index in [0.29, 0.717) is 5.56 Å². The maximum absolute atomic E-state index is 12.7. The van der Waals surface area contributed by atoms with E-state index >= 15 is 0 Å². The molecule has 0 unspecified atom stereocenters. The number of carbonyl (C=O) groups excluding carboxylic acids is 4. The lowest BCUT2D eigenvalue weighted by molar-refractivity contribution is -0.383. The lowest BCUT2D eigenvalue weighted by Gasteiger charge is -2.45. The van der Waals surface area contributed by atoms with Gasteiger partial charge in [0.05, 0.1) is 6.61 Å². The second kappa shape index (κ2) is 14.7. The summed E-state index contributed by atoms with van der Waals surface area (Å²) in [5, 5.41) is 51.4. The summed E-state index contributed by atoms with van der Waals surface area (Å²) in [5.74, 6) is -5.98. The number of ether oxygens (including phenoxy) is 7. The molecule has 0 spiro atoms. The molecule has 0 aromatic heterocycles. The molecule has 16 heteroatoms. The summed E-state index contributed by atoms with van der Waals surface area (Å²) in [5.41, 5.74) is 0.507. The van der Waals surface area contributed by atoms with E-state index in [9.17, 15) is 44.7 Å². The minimum atomic E-state index is -2.46. The van der Waals surface area contributed by atoms with Gasteiger partial charge >= 0.3 is 23.9 Å². The number of aliphatic hydroxyl groups is 4. The molecule has 0 saturated carbocycles. The quantitative estimate of drug-likeness (QED) is 0.106. The van der Waals surface area contributed by atoms with Crippen molar-refractivity contribution in [3.63, 3.8) is 0 Å². The molecule has 1 aromatic carbocycles. The summed E-state index contributed by atoms with van der Waals surface area (Å²) in [6, 6.07) is 5.78. The van der Waals surface area contributed by atoms with Crippen LogP contribution in [0.25, 0.3) is 6.08 Å². The van der Waals surface area contributed by atoms with Crippen molar-refractivity contribution in [1.29, 1.82) is 0 Å². The molecule has 5 N–H and O–H groups in total. The van der Waals surface area contributed by atoms with E-state index in [2.05, 4.69) is 0 Å². The molecule has 238 valence electrons. The van der Waals surface area contributed by atoms with Crippen LogP contribution >= 0.6 is 0 Å². The zero-order chi connectivity index (χ0) is 31.9. The number of aromatic hydroxyl groups is 1. The van der Waals surface area contributed by atoms with Gasteiger partial charge in [0.15, 0.2) is 24.6 Å². The standard InChI is InChI=1S/C27H34O16/c1-13(30)37-11-19-23(38-14(2)31)24(39-15(3)32)22(36)26(40-19)43-27(12-29)25(21(35)18(10-28)42-27)41-20(34)9-6-16-4-7-17(33)8-5-16/h4-9,18-19,21-26,28-29,33,35-36H,10-12H2,1-3H3/t18-,19-,21-,22-,23-,24-,25+,26-,27+/m1/s1. The molecule has 3 rings (SSSR count). The number of hydrogen-bond donors (Lipinski definition) is 5. The van der Waals surface area contributed by atoms with Crippen LogP contribution in [-0.4, -0.2) is 124 Å². The van der Waals surface area contributed by atoms with Gasteiger partial charge in [0.2, 0.25) is 5.79 Å². The van der Waals surface area contributed by atoms with Crippen LogP contribution in [-0.2, 0) is 52.3 Å². The van der Waals surface area contributed by atoms with Gasteiger partial charge in [-0.05, 0) is 23.8 Å². The molecule has 0 aliphatic carbocycles. The first-order chi connectivity index (χ1) is 20.3. The number of benzene rings is 1. The molecular weight excluding hydrogens is 580 g/mol. The maximum atomic E-state index is 12.7. The third-order valence-electron chi connectivity index (χ3n) is 6.41. The van der Waals surface area contributed by atoms with Crippen LogP contribution in [0.2, 0.25) is 0 Å². The largest absolute Gasteiger partial charge is 0.508 e. The third-order valence-corrected chi connectivity index (χ3v) is 6.41. The Hall–Kier alpha value is -3.64. The zero-order valence-corrected chi connectivity index (χ0v) is 23.4. The third kappa shape index (κ3) is 8.47. The summed E-state index contributed by atoms with van der Waals surface area (Å²) < 4.78 is 37.7. The summed E-state index contributed by atoms with van der Waals surface area (Å²) in [4.78, 5) is 47.8. The molecule has 43 heavy (non-hydrogen) atoms. The number of esters is 4. The van der Waals surface area contributed by atoms with E-state index in [1.54, 1.807) is 0 Å². The maximum Gasteiger partial charge on any atom is 0.331 e. The predicted molar refractivity (Wildman–Crippen MR) is 138 cm³/mol. The normalized spacial score (nSPS) is 32.3. The average molecular weight is 615 g/mol. The first-order valence-electron chi connectivity index (χ1n) is 13.0. The van der Waals surface area contributed by atoms with E-state index in [1.165, 1.54) is 30.3 Å². The number of hydrogen-bond acceptors (Lipinski definition) is 16. The van der Waals surface area contributed by atoms with E-state index in [-0.39, 0.29) is 5.75 Å². The molecule has 2 aliphatic rings. The van der Waals surface area contributed by atoms with Crippen molar-refractivity contribution in [3.05, 3.63) is 35.9 Å². The first-order valence-corrected chi connectivity index (χ1v) is 13.0. The average Bonchev–Trinajstić information content (AvgIpc) is 3.21. The number of phenolic OH excluding ortho intramolecular Hbond substituents is 1. The molecule has 2 fully saturated rings. The van der Waals surface area contributed by atoms with Crippen LogP contribution in [0.3, 0.4) is 0 Å². The molecule has 2 heterocycles. The lowest BCUT2D eigenvalue weighted by Crippen LogP contribution is -2.64. The molecule has 0 bridgehead atoms. The molecule has 0 radical (unpaired) electrons. The Morgan fingerprint density at radius 1 is 0.884 bits per heavy atom. The van der Waals surface area contributed by atoms with Gasteiger partial charge in [-0.1, -0.05) is 12.1 Å². The summed E-state index contributed by atoms with van der Waals surface area (Å²) in [6.07, 6.45) is -11.1. The SMILES string of the molecule is CC(=O)OC[C@H]1O[C@H](O[C@]2(CO)O[C@H](CO)[C@@H](O)[C@@H]2OC(=O)C=Cc2ccc(O)cc2)[C@H](O)[C@@H](OC(C)=O)[C@@H]1OC(C)=O. The van der Waals surface area contributed by atoms with E-state index < -0.39 is 98.5 Å². The fraction of sp³-hybridized carbons (Fsp3) is 0.556. The number of aliphatic hydroxyl groups excluding tert-OH is 4. The zero-order valence-electron chi connectivity index (χ0n) is 23.4. The topological polar surface area (TPSA) is 234 Å². The van der Waals surface area contributed by atoms with Gasteiger partial charge in [0.1, 0.15) is 43.4 Å². The van der Waals surface area contributed by atoms with Crippen LogP contribution in [0.5, 0.6) is 5.75 Å². The lowest BCUT2D eigenvalue weighted by atomic mass is 9.98. The smallest absolute Gasteiger partial charge is 0.331 e. The van der Waals surface area contributed by atoms with Crippen LogP contribution < -0.4 is 0 Å². The summed E-state index contributed by atoms with van der Waals surface area (Å²) >= 11 is 0. The van der Waals surface area contributed by atoms with E-state index in [0.717, 1.165) is 26.8 Å². The van der Waals surface area contributed by atoms with Gasteiger partial charge in [-0.2, -0.15) is 0 Å². The monoisotopic (exact) mass is 614 g/mol. The van der Waals surface area contributed by atoms with Crippen LogP contribution in [0.4, 0.5) is 0 Å². The molecule has 9 atom stereocenters. The molecule has 1 aromatic rings. The minimum Gasteiger partial charge on any atom is -0.508 e. The Bertz CT molecular complexity index is 1170. The number of rotatable bonds is 11. The van der Waals surface area contributed by atoms with Crippen LogP contribution in [0, 0.1) is 0 Å². The highest BCUT2D eigenvalue weighted by Gasteiger charge is 2.61. The molecular formula is C27H34O16. The molecule has 16 nitrogen and oxygen atoms in total. The van der Waals surface area contributed by atoms with Crippen molar-refractivity contribution in [2.75, 3.05) is 19.8 Å². The highest BCUT2D eigenvalue weighted by Crippen LogP contribution is 2.38. The fourth-order valence-electron chi connectivity index (χ4n) is 4.51. The first kappa shape index (κ1) is 33.9. The Balaban J connectivity index is 1.91. The highest BCUT2D eigenvalue weighted by atomic mass is 16.8. The summed E-state index contributed by atoms with van der Waals surface area (Å²) in [7, 11) is 0. The summed E-state index contributed by atoms with van der Waals surface area (Å²) in [6.45, 7) is 0.663. The minimum absolute atomic E-state index is 0.00297. The Kier molecular flexibility index (Phi) is 11.6. The predicted octanol–water partition coefficient (Wildman–Crippen LogP) is -1.71. The molecule has 0 amide bonds.